The molecule has 0 bridgehead atoms. The highest BCUT2D eigenvalue weighted by atomic mass is 35.5. The third kappa shape index (κ3) is 6.32. The summed E-state index contributed by atoms with van der Waals surface area (Å²) in [5.41, 5.74) is 6.78. The molecule has 0 spiro atoms. The Morgan fingerprint density at radius 3 is 1.97 bits per heavy atom. The highest BCUT2D eigenvalue weighted by molar-refractivity contribution is 6.30. The lowest BCUT2D eigenvalue weighted by Gasteiger charge is -2.23. The molecule has 2 aromatic rings. The van der Waals surface area contributed by atoms with E-state index >= 15 is 0 Å². The second kappa shape index (κ2) is 10.6. The number of rotatable bonds is 7. The molecule has 0 unspecified atom stereocenters. The number of hydrazine groups is 1. The zero-order valence-corrected chi connectivity index (χ0v) is 17.5. The monoisotopic (exact) mass is 415 g/mol. The Morgan fingerprint density at radius 1 is 0.862 bits per heavy atom. The number of aryl methyl sites for hydroxylation is 1. The van der Waals surface area contributed by atoms with Gasteiger partial charge in [0, 0.05) is 16.1 Å². The van der Waals surface area contributed by atoms with Crippen molar-refractivity contribution in [2.45, 2.75) is 39.7 Å². The van der Waals surface area contributed by atoms with Gasteiger partial charge in [-0.15, -0.1) is 0 Å². The number of carbonyl (C=O) groups excluding carboxylic acids is 3. The van der Waals surface area contributed by atoms with Crippen LogP contribution < -0.4 is 16.2 Å². The van der Waals surface area contributed by atoms with E-state index in [0.717, 1.165) is 12.0 Å². The molecule has 0 aliphatic rings. The summed E-state index contributed by atoms with van der Waals surface area (Å²) >= 11 is 5.85. The molecule has 0 heterocycles. The minimum atomic E-state index is -0.800. The van der Waals surface area contributed by atoms with Gasteiger partial charge >= 0.3 is 0 Å². The molecule has 0 aliphatic heterocycles. The maximum Gasteiger partial charge on any atom is 0.269 e. The number of carbonyl (C=O) groups is 3. The van der Waals surface area contributed by atoms with Crippen LogP contribution in [0.1, 0.15) is 53.5 Å². The summed E-state index contributed by atoms with van der Waals surface area (Å²) in [6.07, 6.45) is 1.55. The number of nitrogens with one attached hydrogen (secondary N) is 3. The summed E-state index contributed by atoms with van der Waals surface area (Å²) in [6.45, 7) is 5.81. The van der Waals surface area contributed by atoms with Crippen molar-refractivity contribution < 1.29 is 14.4 Å². The normalized spacial score (nSPS) is 12.6. The van der Waals surface area contributed by atoms with E-state index < -0.39 is 17.9 Å². The van der Waals surface area contributed by atoms with E-state index in [9.17, 15) is 14.4 Å². The van der Waals surface area contributed by atoms with Gasteiger partial charge in [-0.05, 0) is 54.3 Å². The van der Waals surface area contributed by atoms with Crippen LogP contribution in [0.3, 0.4) is 0 Å². The van der Waals surface area contributed by atoms with Crippen molar-refractivity contribution in [3.63, 3.8) is 0 Å². The molecule has 3 N–H and O–H groups in total. The van der Waals surface area contributed by atoms with Gasteiger partial charge in [0.2, 0.25) is 0 Å². The lowest BCUT2D eigenvalue weighted by molar-refractivity contribution is -0.124. The first-order valence-electron chi connectivity index (χ1n) is 9.61. The molecule has 29 heavy (non-hydrogen) atoms. The summed E-state index contributed by atoms with van der Waals surface area (Å²) in [6, 6.07) is 12.7. The number of hydrogen-bond acceptors (Lipinski definition) is 3. The minimum absolute atomic E-state index is 0.132. The van der Waals surface area contributed by atoms with Gasteiger partial charge in [-0.1, -0.05) is 50.9 Å². The second-order valence-corrected chi connectivity index (χ2v) is 7.27. The Hall–Kier alpha value is -2.86. The van der Waals surface area contributed by atoms with Gasteiger partial charge in [0.05, 0.1) is 0 Å². The molecule has 0 saturated carbocycles. The van der Waals surface area contributed by atoms with Crippen molar-refractivity contribution in [2.24, 2.45) is 5.92 Å². The van der Waals surface area contributed by atoms with Crippen LogP contribution in [0.4, 0.5) is 0 Å². The van der Waals surface area contributed by atoms with Gasteiger partial charge in [-0.3, -0.25) is 25.2 Å². The first-order valence-corrected chi connectivity index (χ1v) is 9.99. The second-order valence-electron chi connectivity index (χ2n) is 6.84. The van der Waals surface area contributed by atoms with Crippen LogP contribution in [0, 0.1) is 5.92 Å². The summed E-state index contributed by atoms with van der Waals surface area (Å²) in [5, 5.41) is 3.26. The summed E-state index contributed by atoms with van der Waals surface area (Å²) < 4.78 is 0. The topological polar surface area (TPSA) is 87.3 Å². The average molecular weight is 416 g/mol. The predicted molar refractivity (Wildman–Crippen MR) is 114 cm³/mol. The van der Waals surface area contributed by atoms with Crippen LogP contribution in [0.5, 0.6) is 0 Å². The molecule has 0 saturated heterocycles. The predicted octanol–water partition coefficient (Wildman–Crippen LogP) is 3.51. The molecule has 3 amide bonds. The molecule has 0 fully saturated rings. The summed E-state index contributed by atoms with van der Waals surface area (Å²) in [4.78, 5) is 37.4. The quantitative estimate of drug-likeness (QED) is 0.605. The Balaban J connectivity index is 2.01. The van der Waals surface area contributed by atoms with Crippen LogP contribution in [0.25, 0.3) is 0 Å². The van der Waals surface area contributed by atoms with Gasteiger partial charge in [-0.2, -0.15) is 0 Å². The number of amides is 3. The van der Waals surface area contributed by atoms with E-state index in [-0.39, 0.29) is 11.8 Å². The summed E-state index contributed by atoms with van der Waals surface area (Å²) in [5.74, 6) is -1.43. The lowest BCUT2D eigenvalue weighted by atomic mass is 9.98. The Labute approximate surface area is 176 Å². The molecular weight excluding hydrogens is 390 g/mol. The number of hydrogen-bond donors (Lipinski definition) is 3. The fourth-order valence-corrected chi connectivity index (χ4v) is 2.81. The van der Waals surface area contributed by atoms with Gasteiger partial charge in [0.1, 0.15) is 6.04 Å². The van der Waals surface area contributed by atoms with E-state index in [4.69, 9.17) is 11.6 Å². The number of halogens is 1. The van der Waals surface area contributed by atoms with E-state index in [2.05, 4.69) is 16.2 Å². The minimum Gasteiger partial charge on any atom is -0.340 e. The lowest BCUT2D eigenvalue weighted by Crippen LogP contribution is -2.54. The fourth-order valence-electron chi connectivity index (χ4n) is 2.69. The first-order chi connectivity index (χ1) is 13.8. The molecule has 2 atom stereocenters. The van der Waals surface area contributed by atoms with Crippen LogP contribution in [-0.2, 0) is 11.2 Å². The molecule has 0 radical (unpaired) electrons. The standard InChI is InChI=1S/C22H26ClN3O3/c1-4-14(3)19(24-20(27)16-10-12-18(23)13-11-16)22(29)26-25-21(28)17-8-6-15(5-2)7-9-17/h6-14,19H,4-5H2,1-3H3,(H,24,27)(H,25,28)(H,26,29)/t14-,19-/m0/s1. The molecule has 0 aromatic heterocycles. The van der Waals surface area contributed by atoms with Crippen LogP contribution in [0.15, 0.2) is 48.5 Å². The Bertz CT molecular complexity index is 851. The highest BCUT2D eigenvalue weighted by Gasteiger charge is 2.26. The molecule has 154 valence electrons. The van der Waals surface area contributed by atoms with Gasteiger partial charge in [0.25, 0.3) is 17.7 Å². The number of benzene rings is 2. The van der Waals surface area contributed by atoms with Crippen molar-refractivity contribution in [3.8, 4) is 0 Å². The van der Waals surface area contributed by atoms with E-state index in [1.807, 2.05) is 32.9 Å². The highest BCUT2D eigenvalue weighted by Crippen LogP contribution is 2.12. The maximum absolute atomic E-state index is 12.6. The van der Waals surface area contributed by atoms with Crippen molar-refractivity contribution in [1.29, 1.82) is 0 Å². The average Bonchev–Trinajstić information content (AvgIpc) is 2.75. The van der Waals surface area contributed by atoms with Crippen molar-refractivity contribution >= 4 is 29.3 Å². The van der Waals surface area contributed by atoms with Gasteiger partial charge < -0.3 is 5.32 Å². The van der Waals surface area contributed by atoms with Gasteiger partial charge in [0.15, 0.2) is 0 Å². The van der Waals surface area contributed by atoms with Crippen LogP contribution >= 0.6 is 11.6 Å². The van der Waals surface area contributed by atoms with Gasteiger partial charge in [-0.25, -0.2) is 0 Å². The van der Waals surface area contributed by atoms with Crippen LogP contribution in [0.2, 0.25) is 5.02 Å². The molecule has 2 aromatic carbocycles. The van der Waals surface area contributed by atoms with Crippen molar-refractivity contribution in [2.75, 3.05) is 0 Å². The summed E-state index contributed by atoms with van der Waals surface area (Å²) in [7, 11) is 0. The molecule has 6 nitrogen and oxygen atoms in total. The SMILES string of the molecule is CCc1ccc(C(=O)NNC(=O)[C@@H](NC(=O)c2ccc(Cl)cc2)[C@@H](C)CC)cc1. The molecule has 0 aliphatic carbocycles. The fraction of sp³-hybridized carbons (Fsp3) is 0.318. The Morgan fingerprint density at radius 2 is 1.41 bits per heavy atom. The molecule has 2 rings (SSSR count). The maximum atomic E-state index is 12.6. The zero-order valence-electron chi connectivity index (χ0n) is 16.8. The van der Waals surface area contributed by atoms with Crippen molar-refractivity contribution in [1.82, 2.24) is 16.2 Å². The van der Waals surface area contributed by atoms with E-state index in [1.54, 1.807) is 36.4 Å². The molecular formula is C22H26ClN3O3. The van der Waals surface area contributed by atoms with E-state index in [0.29, 0.717) is 22.6 Å². The van der Waals surface area contributed by atoms with Crippen molar-refractivity contribution in [3.05, 3.63) is 70.2 Å². The Kier molecular flexibility index (Phi) is 8.21. The molecule has 7 heteroatoms. The first kappa shape index (κ1) is 22.4. The van der Waals surface area contributed by atoms with Crippen LogP contribution in [-0.4, -0.2) is 23.8 Å². The zero-order chi connectivity index (χ0) is 21.4. The smallest absolute Gasteiger partial charge is 0.269 e. The third-order valence-electron chi connectivity index (χ3n) is 4.81. The third-order valence-corrected chi connectivity index (χ3v) is 5.06. The van der Waals surface area contributed by atoms with E-state index in [1.165, 1.54) is 0 Å². The largest absolute Gasteiger partial charge is 0.340 e.